The van der Waals surface area contributed by atoms with Gasteiger partial charge in [-0.1, -0.05) is 52.2 Å². The van der Waals surface area contributed by atoms with Gasteiger partial charge in [0.1, 0.15) is 16.3 Å². The van der Waals surface area contributed by atoms with Crippen LogP contribution in [0.25, 0.3) is 5.57 Å². The van der Waals surface area contributed by atoms with E-state index in [2.05, 4.69) is 15.9 Å². The Bertz CT molecular complexity index is 1740. The third kappa shape index (κ3) is 4.54. The number of rotatable bonds is 6. The summed E-state index contributed by atoms with van der Waals surface area (Å²) >= 11 is 11.0. The van der Waals surface area contributed by atoms with E-state index in [0.29, 0.717) is 56.5 Å². The first-order valence-corrected chi connectivity index (χ1v) is 14.4. The molecule has 39 heavy (non-hydrogen) atoms. The van der Waals surface area contributed by atoms with E-state index in [9.17, 15) is 14.4 Å². The number of halogens is 2. The molecule has 3 aromatic rings. The minimum absolute atomic E-state index is 0.155. The van der Waals surface area contributed by atoms with Gasteiger partial charge < -0.3 is 14.4 Å². The van der Waals surface area contributed by atoms with Gasteiger partial charge in [0.25, 0.3) is 11.5 Å². The molecule has 1 atom stereocenters. The van der Waals surface area contributed by atoms with Crippen molar-refractivity contribution in [2.24, 2.45) is 4.99 Å². The number of benzene rings is 2. The van der Waals surface area contributed by atoms with Crippen molar-refractivity contribution in [3.63, 3.8) is 0 Å². The number of amides is 1. The van der Waals surface area contributed by atoms with Gasteiger partial charge in [0.2, 0.25) is 0 Å². The number of carbonyl (C=O) groups is 2. The molecule has 1 aromatic heterocycles. The van der Waals surface area contributed by atoms with Crippen LogP contribution in [0.4, 0.5) is 5.69 Å². The van der Waals surface area contributed by atoms with Crippen molar-refractivity contribution < 1.29 is 19.1 Å². The average molecular weight is 631 g/mol. The fourth-order valence-corrected chi connectivity index (χ4v) is 6.65. The molecular weight excluding hydrogens is 606 g/mol. The molecule has 2 aliphatic rings. The van der Waals surface area contributed by atoms with Crippen molar-refractivity contribution in [1.82, 2.24) is 4.57 Å². The number of methoxy groups -OCH3 is 1. The van der Waals surface area contributed by atoms with Crippen molar-refractivity contribution in [3.05, 3.63) is 88.0 Å². The van der Waals surface area contributed by atoms with Gasteiger partial charge in [-0.15, -0.1) is 0 Å². The van der Waals surface area contributed by atoms with E-state index in [-0.39, 0.29) is 22.6 Å². The van der Waals surface area contributed by atoms with Crippen LogP contribution in [0.1, 0.15) is 43.9 Å². The van der Waals surface area contributed by atoms with Crippen LogP contribution in [-0.2, 0) is 14.3 Å². The molecule has 0 N–H and O–H groups in total. The standard InChI is InChI=1S/C28H25BrClN3O5S/c1-5-7-18-22(27(36)38-6-2)23(17-13-15(30)9-11-20(17)37-4)33-26(35)24(39-28(33)31-18)21-16-12-14(29)8-10-19(16)32(3)25(21)34/h8-13,23H,5-7H2,1-4H3/b24-21+/t23-/m1/s1. The lowest BCUT2D eigenvalue weighted by atomic mass is 9.93. The molecule has 5 rings (SSSR count). The van der Waals surface area contributed by atoms with Gasteiger partial charge in [0.15, 0.2) is 4.80 Å². The first kappa shape index (κ1) is 27.4. The van der Waals surface area contributed by atoms with Gasteiger partial charge in [-0.3, -0.25) is 14.2 Å². The zero-order chi connectivity index (χ0) is 28.0. The largest absolute Gasteiger partial charge is 0.496 e. The number of esters is 1. The van der Waals surface area contributed by atoms with Crippen LogP contribution in [0.2, 0.25) is 5.02 Å². The Balaban J connectivity index is 1.90. The highest BCUT2D eigenvalue weighted by molar-refractivity contribution is 9.10. The number of fused-ring (bicyclic) bond motifs is 2. The lowest BCUT2D eigenvalue weighted by Gasteiger charge is -2.27. The van der Waals surface area contributed by atoms with Crippen molar-refractivity contribution in [2.75, 3.05) is 25.7 Å². The molecule has 0 saturated heterocycles. The van der Waals surface area contributed by atoms with Crippen molar-refractivity contribution in [3.8, 4) is 5.75 Å². The number of carbonyl (C=O) groups excluding carboxylic acids is 2. The Morgan fingerprint density at radius 3 is 2.64 bits per heavy atom. The number of nitrogens with zero attached hydrogens (tertiary/aromatic N) is 3. The number of thiazole rings is 1. The Morgan fingerprint density at radius 1 is 1.18 bits per heavy atom. The summed E-state index contributed by atoms with van der Waals surface area (Å²) in [5, 5.41) is 0.416. The van der Waals surface area contributed by atoms with E-state index in [4.69, 9.17) is 26.1 Å². The summed E-state index contributed by atoms with van der Waals surface area (Å²) in [5.74, 6) is -0.405. The highest BCUT2D eigenvalue weighted by Gasteiger charge is 2.38. The lowest BCUT2D eigenvalue weighted by Crippen LogP contribution is -2.41. The quantitative estimate of drug-likeness (QED) is 0.378. The third-order valence-corrected chi connectivity index (χ3v) is 8.47. The van der Waals surface area contributed by atoms with E-state index >= 15 is 0 Å². The fraction of sp³-hybridized carbons (Fsp3) is 0.286. The Kier molecular flexibility index (Phi) is 7.54. The second-order valence-electron chi connectivity index (χ2n) is 9.02. The van der Waals surface area contributed by atoms with Crippen molar-refractivity contribution in [2.45, 2.75) is 32.7 Å². The van der Waals surface area contributed by atoms with E-state index in [0.717, 1.165) is 15.8 Å². The van der Waals surface area contributed by atoms with Crippen LogP contribution in [0.15, 0.2) is 61.9 Å². The van der Waals surface area contributed by atoms with Crippen LogP contribution in [0.5, 0.6) is 5.75 Å². The molecule has 2 aliphatic heterocycles. The van der Waals surface area contributed by atoms with E-state index in [1.54, 1.807) is 32.2 Å². The number of likely N-dealkylation sites (N-methyl/N-ethyl adjacent to an activating group) is 1. The van der Waals surface area contributed by atoms with Crippen molar-refractivity contribution in [1.29, 1.82) is 0 Å². The van der Waals surface area contributed by atoms with Gasteiger partial charge >= 0.3 is 5.97 Å². The molecule has 3 heterocycles. The lowest BCUT2D eigenvalue weighted by molar-refractivity contribution is -0.139. The van der Waals surface area contributed by atoms with E-state index in [1.165, 1.54) is 16.6 Å². The predicted octanol–water partition coefficient (Wildman–Crippen LogP) is 4.35. The first-order valence-electron chi connectivity index (χ1n) is 12.4. The number of ether oxygens (including phenoxy) is 2. The average Bonchev–Trinajstić information content (AvgIpc) is 3.35. The number of hydrogen-bond acceptors (Lipinski definition) is 7. The molecule has 1 amide bonds. The number of anilines is 1. The smallest absolute Gasteiger partial charge is 0.338 e. The third-order valence-electron chi connectivity index (χ3n) is 6.69. The molecule has 0 fully saturated rings. The Hall–Kier alpha value is -3.21. The predicted molar refractivity (Wildman–Crippen MR) is 154 cm³/mol. The molecular formula is C28H25BrClN3O5S. The summed E-state index contributed by atoms with van der Waals surface area (Å²) in [4.78, 5) is 47.8. The van der Waals surface area contributed by atoms with Crippen LogP contribution >= 0.6 is 38.9 Å². The van der Waals surface area contributed by atoms with Crippen LogP contribution in [0.3, 0.4) is 0 Å². The first-order chi connectivity index (χ1) is 18.7. The SMILES string of the molecule is CCCC1=C(C(=O)OCC)[C@@H](c2cc(Cl)ccc2OC)n2c(s/c(=C3/C(=O)N(C)c4ccc(Br)cc43)c2=O)=N1. The monoisotopic (exact) mass is 629 g/mol. The molecule has 0 aliphatic carbocycles. The molecule has 0 radical (unpaired) electrons. The zero-order valence-electron chi connectivity index (χ0n) is 21.7. The second-order valence-corrected chi connectivity index (χ2v) is 11.4. The molecule has 2 aromatic carbocycles. The number of hydrogen-bond donors (Lipinski definition) is 0. The highest BCUT2D eigenvalue weighted by Crippen LogP contribution is 2.39. The maximum absolute atomic E-state index is 14.3. The molecule has 0 unspecified atom stereocenters. The minimum Gasteiger partial charge on any atom is -0.496 e. The topological polar surface area (TPSA) is 90.2 Å². The second kappa shape index (κ2) is 10.7. The van der Waals surface area contributed by atoms with Crippen molar-refractivity contribution >= 4 is 62.0 Å². The summed E-state index contributed by atoms with van der Waals surface area (Å²) in [6, 6.07) is 9.65. The van der Waals surface area contributed by atoms with Gasteiger partial charge in [0, 0.05) is 27.7 Å². The number of allylic oxidation sites excluding steroid dienone is 1. The maximum atomic E-state index is 14.3. The van der Waals surface area contributed by atoms with Gasteiger partial charge in [-0.25, -0.2) is 9.79 Å². The van der Waals surface area contributed by atoms with E-state index in [1.807, 2.05) is 25.1 Å². The van der Waals surface area contributed by atoms with Crippen LogP contribution in [0, 0.1) is 0 Å². The summed E-state index contributed by atoms with van der Waals surface area (Å²) in [6.07, 6.45) is 1.20. The summed E-state index contributed by atoms with van der Waals surface area (Å²) in [7, 11) is 3.19. The normalized spacial score (nSPS) is 17.6. The summed E-state index contributed by atoms with van der Waals surface area (Å²) < 4.78 is 13.6. The van der Waals surface area contributed by atoms with E-state index < -0.39 is 17.6 Å². The molecule has 8 nitrogen and oxygen atoms in total. The fourth-order valence-electron chi connectivity index (χ4n) is 5.00. The maximum Gasteiger partial charge on any atom is 0.338 e. The minimum atomic E-state index is -0.916. The molecule has 11 heteroatoms. The van der Waals surface area contributed by atoms with Gasteiger partial charge in [-0.2, -0.15) is 0 Å². The highest BCUT2D eigenvalue weighted by atomic mass is 79.9. The molecule has 0 saturated carbocycles. The molecule has 202 valence electrons. The molecule has 0 spiro atoms. The Morgan fingerprint density at radius 2 is 1.95 bits per heavy atom. The van der Waals surface area contributed by atoms with Gasteiger partial charge in [0.05, 0.1) is 36.2 Å². The zero-order valence-corrected chi connectivity index (χ0v) is 24.9. The van der Waals surface area contributed by atoms with Crippen LogP contribution < -0.4 is 24.5 Å². The summed E-state index contributed by atoms with van der Waals surface area (Å²) in [5.41, 5.74) is 2.51. The Labute approximate surface area is 242 Å². The summed E-state index contributed by atoms with van der Waals surface area (Å²) in [6.45, 7) is 3.86. The van der Waals surface area contributed by atoms with Gasteiger partial charge in [-0.05, 0) is 49.7 Å². The molecule has 0 bridgehead atoms. The van der Waals surface area contributed by atoms with Crippen LogP contribution in [-0.4, -0.2) is 37.2 Å². The number of aromatic nitrogens is 1.